The van der Waals surface area contributed by atoms with Crippen molar-refractivity contribution in [2.45, 2.75) is 17.6 Å². The van der Waals surface area contributed by atoms with E-state index in [4.69, 9.17) is 0 Å². The van der Waals surface area contributed by atoms with Gasteiger partial charge in [-0.2, -0.15) is 8.78 Å². The van der Waals surface area contributed by atoms with Gasteiger partial charge in [-0.25, -0.2) is 0 Å². The summed E-state index contributed by atoms with van der Waals surface area (Å²) in [5.74, 6) is -2.36. The van der Waals surface area contributed by atoms with Crippen LogP contribution < -0.4 is 5.32 Å². The first-order chi connectivity index (χ1) is 6.24. The van der Waals surface area contributed by atoms with Crippen molar-refractivity contribution in [1.82, 2.24) is 0 Å². The Bertz CT molecular complexity index is 266. The van der Waals surface area contributed by atoms with E-state index < -0.39 is 5.76 Å². The van der Waals surface area contributed by atoms with E-state index >= 15 is 0 Å². The largest absolute Gasteiger partial charge is 0.384 e. The maximum atomic E-state index is 12.1. The van der Waals surface area contributed by atoms with Gasteiger partial charge < -0.3 is 5.32 Å². The van der Waals surface area contributed by atoms with E-state index in [0.29, 0.717) is 16.7 Å². The van der Waals surface area contributed by atoms with Crippen molar-refractivity contribution in [3.8, 4) is 0 Å². The summed E-state index contributed by atoms with van der Waals surface area (Å²) in [4.78, 5) is 0.597. The number of thioether (sulfide) groups is 1. The molecule has 0 amide bonds. The summed E-state index contributed by atoms with van der Waals surface area (Å²) < 4.78 is 24.2. The third-order valence-electron chi connectivity index (χ3n) is 1.47. The molecule has 0 heterocycles. The molecule has 0 aliphatic carbocycles. The topological polar surface area (TPSA) is 12.0 Å². The van der Waals surface area contributed by atoms with Crippen molar-refractivity contribution in [3.05, 3.63) is 24.3 Å². The number of nitrogens with one attached hydrogen (secondary N) is 1. The minimum atomic E-state index is -2.36. The Kier molecular flexibility index (Phi) is 4.02. The number of rotatable bonds is 4. The van der Waals surface area contributed by atoms with Gasteiger partial charge in [0.25, 0.3) is 5.76 Å². The third kappa shape index (κ3) is 3.22. The summed E-state index contributed by atoms with van der Waals surface area (Å²) in [6, 6.07) is 7.07. The van der Waals surface area contributed by atoms with Crippen LogP contribution in [-0.2, 0) is 0 Å². The highest BCUT2D eigenvalue weighted by Crippen LogP contribution is 2.31. The molecule has 0 aliphatic rings. The second-order valence-electron chi connectivity index (χ2n) is 2.40. The van der Waals surface area contributed by atoms with Crippen LogP contribution in [0.5, 0.6) is 0 Å². The normalized spacial score (nSPS) is 10.5. The fraction of sp³-hybridized carbons (Fsp3) is 0.333. The molecule has 1 aromatic rings. The molecule has 0 saturated carbocycles. The summed E-state index contributed by atoms with van der Waals surface area (Å²) in [5.41, 5.74) is 0.773. The summed E-state index contributed by atoms with van der Waals surface area (Å²) in [5, 5.41) is 3.03. The molecule has 0 aromatic heterocycles. The lowest BCUT2D eigenvalue weighted by molar-refractivity contribution is 0.252. The molecule has 0 saturated heterocycles. The zero-order valence-corrected chi connectivity index (χ0v) is 8.07. The van der Waals surface area contributed by atoms with E-state index in [1.165, 1.54) is 0 Å². The second-order valence-corrected chi connectivity index (χ2v) is 3.44. The Morgan fingerprint density at radius 2 is 2.08 bits per heavy atom. The van der Waals surface area contributed by atoms with Gasteiger partial charge in [0.2, 0.25) is 0 Å². The van der Waals surface area contributed by atoms with Gasteiger partial charge in [0.05, 0.1) is 0 Å². The van der Waals surface area contributed by atoms with Crippen molar-refractivity contribution < 1.29 is 8.78 Å². The van der Waals surface area contributed by atoms with Crippen molar-refractivity contribution in [3.63, 3.8) is 0 Å². The van der Waals surface area contributed by atoms with Crippen LogP contribution in [0.1, 0.15) is 6.92 Å². The number of benzene rings is 1. The molecule has 0 unspecified atom stereocenters. The Balaban J connectivity index is 2.78. The Morgan fingerprint density at radius 1 is 1.38 bits per heavy atom. The Labute approximate surface area is 80.5 Å². The van der Waals surface area contributed by atoms with E-state index in [1.54, 1.807) is 18.2 Å². The molecule has 0 atom stereocenters. The molecule has 1 aromatic carbocycles. The fourth-order valence-electron chi connectivity index (χ4n) is 1.00. The molecular formula is C9H11F2NS. The van der Waals surface area contributed by atoms with Gasteiger partial charge in [0.15, 0.2) is 0 Å². The molecule has 13 heavy (non-hydrogen) atoms. The highest BCUT2D eigenvalue weighted by molar-refractivity contribution is 7.99. The van der Waals surface area contributed by atoms with Crippen LogP contribution in [-0.4, -0.2) is 12.3 Å². The highest BCUT2D eigenvalue weighted by Gasteiger charge is 2.08. The minimum absolute atomic E-state index is 0.569. The van der Waals surface area contributed by atoms with Crippen molar-refractivity contribution in [2.75, 3.05) is 11.9 Å². The number of halogens is 2. The number of anilines is 1. The lowest BCUT2D eigenvalue weighted by Crippen LogP contribution is -1.98. The zero-order chi connectivity index (χ0) is 9.68. The van der Waals surface area contributed by atoms with Crippen molar-refractivity contribution in [2.24, 2.45) is 0 Å². The molecule has 1 nitrogen and oxygen atoms in total. The first-order valence-electron chi connectivity index (χ1n) is 4.01. The molecule has 0 spiro atoms. The zero-order valence-electron chi connectivity index (χ0n) is 7.26. The monoisotopic (exact) mass is 203 g/mol. The van der Waals surface area contributed by atoms with E-state index in [0.717, 1.165) is 12.2 Å². The van der Waals surface area contributed by atoms with Crippen LogP contribution in [0.4, 0.5) is 14.5 Å². The lowest BCUT2D eigenvalue weighted by Gasteiger charge is -2.08. The SMILES string of the molecule is CCNc1ccccc1SC(F)F. The van der Waals surface area contributed by atoms with Crippen molar-refractivity contribution in [1.29, 1.82) is 0 Å². The van der Waals surface area contributed by atoms with E-state index in [9.17, 15) is 8.78 Å². The van der Waals surface area contributed by atoms with E-state index in [2.05, 4.69) is 5.32 Å². The van der Waals surface area contributed by atoms with Gasteiger partial charge in [-0.1, -0.05) is 23.9 Å². The number of para-hydroxylation sites is 1. The molecular weight excluding hydrogens is 192 g/mol. The van der Waals surface area contributed by atoms with Gasteiger partial charge in [-0.15, -0.1) is 0 Å². The van der Waals surface area contributed by atoms with Crippen LogP contribution in [0.2, 0.25) is 0 Å². The summed E-state index contributed by atoms with van der Waals surface area (Å²) in [6.45, 7) is 2.67. The Morgan fingerprint density at radius 3 is 2.69 bits per heavy atom. The molecule has 0 fully saturated rings. The van der Waals surface area contributed by atoms with Gasteiger partial charge >= 0.3 is 0 Å². The summed E-state index contributed by atoms with van der Waals surface area (Å²) >= 11 is 0.569. The lowest BCUT2D eigenvalue weighted by atomic mass is 10.3. The van der Waals surface area contributed by atoms with Crippen molar-refractivity contribution >= 4 is 17.4 Å². The van der Waals surface area contributed by atoms with Gasteiger partial charge in [-0.3, -0.25) is 0 Å². The van der Waals surface area contributed by atoms with E-state index in [1.807, 2.05) is 13.0 Å². The predicted octanol–water partition coefficient (Wildman–Crippen LogP) is 3.43. The van der Waals surface area contributed by atoms with Crippen LogP contribution in [0.3, 0.4) is 0 Å². The number of hydrogen-bond acceptors (Lipinski definition) is 2. The van der Waals surface area contributed by atoms with Gasteiger partial charge in [0, 0.05) is 17.1 Å². The molecule has 0 aliphatic heterocycles. The minimum Gasteiger partial charge on any atom is -0.384 e. The second kappa shape index (κ2) is 5.07. The predicted molar refractivity (Wildman–Crippen MR) is 52.5 cm³/mol. The maximum absolute atomic E-state index is 12.1. The molecule has 0 bridgehead atoms. The van der Waals surface area contributed by atoms with Crippen LogP contribution in [0, 0.1) is 0 Å². The molecule has 4 heteroatoms. The van der Waals surface area contributed by atoms with Gasteiger partial charge in [0.1, 0.15) is 0 Å². The average molecular weight is 203 g/mol. The standard InChI is InChI=1S/C9H11F2NS/c1-2-12-7-5-3-4-6-8(7)13-9(10)11/h3-6,9,12H,2H2,1H3. The summed E-state index contributed by atoms with van der Waals surface area (Å²) in [7, 11) is 0. The van der Waals surface area contributed by atoms with Crippen LogP contribution in [0.25, 0.3) is 0 Å². The number of hydrogen-bond donors (Lipinski definition) is 1. The third-order valence-corrected chi connectivity index (χ3v) is 2.26. The quantitative estimate of drug-likeness (QED) is 0.752. The average Bonchev–Trinajstić information content (AvgIpc) is 2.08. The molecule has 1 N–H and O–H groups in total. The first-order valence-corrected chi connectivity index (χ1v) is 4.89. The number of alkyl halides is 2. The molecule has 72 valence electrons. The molecule has 1 rings (SSSR count). The Hall–Kier alpha value is -0.770. The van der Waals surface area contributed by atoms with Crippen LogP contribution in [0.15, 0.2) is 29.2 Å². The maximum Gasteiger partial charge on any atom is 0.288 e. The first kappa shape index (κ1) is 10.3. The van der Waals surface area contributed by atoms with E-state index in [-0.39, 0.29) is 0 Å². The van der Waals surface area contributed by atoms with Crippen LogP contribution >= 0.6 is 11.8 Å². The summed E-state index contributed by atoms with van der Waals surface area (Å²) in [6.07, 6.45) is 0. The van der Waals surface area contributed by atoms with Gasteiger partial charge in [-0.05, 0) is 19.1 Å². The smallest absolute Gasteiger partial charge is 0.288 e. The molecule has 0 radical (unpaired) electrons. The fourth-order valence-corrected chi connectivity index (χ4v) is 1.62. The highest BCUT2D eigenvalue weighted by atomic mass is 32.2.